The minimum absolute atomic E-state index is 0.0715. The van der Waals surface area contributed by atoms with Gasteiger partial charge in [-0.25, -0.2) is 0 Å². The van der Waals surface area contributed by atoms with Crippen LogP contribution < -0.4 is 14.4 Å². The Hall–Kier alpha value is -2.51. The number of hydrogen-bond donors (Lipinski definition) is 0. The van der Waals surface area contributed by atoms with Crippen LogP contribution in [0.25, 0.3) is 0 Å². The van der Waals surface area contributed by atoms with Crippen LogP contribution in [0.15, 0.2) is 43.0 Å². The van der Waals surface area contributed by atoms with E-state index in [0.717, 1.165) is 4.88 Å². The number of anilines is 1. The number of thiophene rings is 1. The van der Waals surface area contributed by atoms with Crippen LogP contribution in [0, 0.1) is 5.92 Å². The zero-order valence-electron chi connectivity index (χ0n) is 16.4. The predicted molar refractivity (Wildman–Crippen MR) is 115 cm³/mol. The van der Waals surface area contributed by atoms with Gasteiger partial charge in [-0.1, -0.05) is 17.7 Å². The minimum atomic E-state index is -0.426. The van der Waals surface area contributed by atoms with Crippen LogP contribution in [-0.2, 0) is 16.1 Å². The summed E-state index contributed by atoms with van der Waals surface area (Å²) in [6, 6.07) is 8.99. The number of halogens is 1. The first-order chi connectivity index (χ1) is 14.0. The molecule has 2 heterocycles. The summed E-state index contributed by atoms with van der Waals surface area (Å²) in [7, 11) is 3.11. The van der Waals surface area contributed by atoms with Crippen LogP contribution in [0.5, 0.6) is 11.5 Å². The quantitative estimate of drug-likeness (QED) is 0.589. The summed E-state index contributed by atoms with van der Waals surface area (Å²) in [6.45, 7) is 4.91. The van der Waals surface area contributed by atoms with Gasteiger partial charge in [0, 0.05) is 30.5 Å². The molecule has 8 heteroatoms. The van der Waals surface area contributed by atoms with Crippen molar-refractivity contribution in [3.05, 3.63) is 52.2 Å². The Morgan fingerprint density at radius 3 is 2.76 bits per heavy atom. The maximum absolute atomic E-state index is 13.1. The summed E-state index contributed by atoms with van der Waals surface area (Å²) in [5, 5.41) is 0. The third-order valence-electron chi connectivity index (χ3n) is 4.79. The second-order valence-electron chi connectivity index (χ2n) is 6.66. The molecule has 29 heavy (non-hydrogen) atoms. The summed E-state index contributed by atoms with van der Waals surface area (Å²) < 4.78 is 11.3. The van der Waals surface area contributed by atoms with E-state index in [-0.39, 0.29) is 18.2 Å². The number of hydrogen-bond acceptors (Lipinski definition) is 5. The van der Waals surface area contributed by atoms with E-state index in [0.29, 0.717) is 41.2 Å². The van der Waals surface area contributed by atoms with Gasteiger partial charge in [-0.05, 0) is 24.3 Å². The fourth-order valence-corrected chi connectivity index (χ4v) is 4.49. The molecule has 1 aliphatic rings. The van der Waals surface area contributed by atoms with E-state index < -0.39 is 5.92 Å². The molecule has 2 aromatic rings. The molecule has 3 rings (SSSR count). The van der Waals surface area contributed by atoms with E-state index in [1.807, 2.05) is 12.1 Å². The van der Waals surface area contributed by atoms with Gasteiger partial charge in [-0.2, -0.15) is 0 Å². The maximum atomic E-state index is 13.1. The number of ether oxygens (including phenoxy) is 2. The summed E-state index contributed by atoms with van der Waals surface area (Å²) in [5.74, 6) is 0.561. The number of amides is 2. The van der Waals surface area contributed by atoms with Gasteiger partial charge in [0.15, 0.2) is 0 Å². The van der Waals surface area contributed by atoms with Gasteiger partial charge >= 0.3 is 0 Å². The van der Waals surface area contributed by atoms with E-state index in [4.69, 9.17) is 21.1 Å². The van der Waals surface area contributed by atoms with Crippen LogP contribution in [-0.4, -0.2) is 44.0 Å². The lowest BCUT2D eigenvalue weighted by Crippen LogP contribution is -2.37. The Balaban J connectivity index is 1.77. The smallest absolute Gasteiger partial charge is 0.228 e. The molecule has 1 aromatic heterocycles. The first kappa shape index (κ1) is 21.2. The average molecular weight is 435 g/mol. The zero-order chi connectivity index (χ0) is 21.0. The topological polar surface area (TPSA) is 59.1 Å². The molecular formula is C21H23ClN2O4S. The molecule has 0 aliphatic carbocycles. The summed E-state index contributed by atoms with van der Waals surface area (Å²) in [6.07, 6.45) is 1.85. The van der Waals surface area contributed by atoms with Crippen molar-refractivity contribution in [1.29, 1.82) is 0 Å². The largest absolute Gasteiger partial charge is 0.497 e. The Bertz CT molecular complexity index is 914. The number of nitrogens with zero attached hydrogens (tertiary/aromatic N) is 2. The molecule has 0 N–H and O–H groups in total. The molecule has 1 aliphatic heterocycles. The number of benzene rings is 1. The van der Waals surface area contributed by atoms with Crippen molar-refractivity contribution in [2.45, 2.75) is 13.0 Å². The van der Waals surface area contributed by atoms with Crippen molar-refractivity contribution in [2.24, 2.45) is 5.92 Å². The second-order valence-corrected chi connectivity index (χ2v) is 8.46. The van der Waals surface area contributed by atoms with E-state index in [1.54, 1.807) is 48.3 Å². The standard InChI is InChI=1S/C21H23ClN2O4S/c1-4-9-23(13-16-6-8-19(22)29-16)21(26)14-10-20(25)24(12-14)17-7-5-15(27-2)11-18(17)28-3/h4-8,11,14H,1,9-10,12-13H2,2-3H3. The summed E-state index contributed by atoms with van der Waals surface area (Å²) in [4.78, 5) is 30.1. The second kappa shape index (κ2) is 9.33. The Morgan fingerprint density at radius 1 is 1.34 bits per heavy atom. The van der Waals surface area contributed by atoms with Gasteiger partial charge in [-0.3, -0.25) is 9.59 Å². The van der Waals surface area contributed by atoms with Gasteiger partial charge in [0.2, 0.25) is 11.8 Å². The van der Waals surface area contributed by atoms with Crippen LogP contribution >= 0.6 is 22.9 Å². The van der Waals surface area contributed by atoms with E-state index in [1.165, 1.54) is 11.3 Å². The van der Waals surface area contributed by atoms with Gasteiger partial charge in [0.05, 0.1) is 36.7 Å². The van der Waals surface area contributed by atoms with Gasteiger partial charge in [0.1, 0.15) is 11.5 Å². The lowest BCUT2D eigenvalue weighted by Gasteiger charge is -2.24. The molecule has 6 nitrogen and oxygen atoms in total. The first-order valence-electron chi connectivity index (χ1n) is 9.13. The fraction of sp³-hybridized carbons (Fsp3) is 0.333. The molecule has 1 fully saturated rings. The monoisotopic (exact) mass is 434 g/mol. The highest BCUT2D eigenvalue weighted by Crippen LogP contribution is 2.36. The van der Waals surface area contributed by atoms with Crippen LogP contribution in [0.4, 0.5) is 5.69 Å². The molecule has 1 unspecified atom stereocenters. The molecule has 1 atom stereocenters. The number of carbonyl (C=O) groups is 2. The molecule has 0 saturated carbocycles. The number of rotatable bonds is 8. The van der Waals surface area contributed by atoms with E-state index in [9.17, 15) is 9.59 Å². The van der Waals surface area contributed by atoms with E-state index >= 15 is 0 Å². The van der Waals surface area contributed by atoms with Gasteiger partial charge in [0.25, 0.3) is 0 Å². The highest BCUT2D eigenvalue weighted by molar-refractivity contribution is 7.16. The molecule has 0 spiro atoms. The molecule has 1 aromatic carbocycles. The number of methoxy groups -OCH3 is 2. The highest BCUT2D eigenvalue weighted by Gasteiger charge is 2.38. The van der Waals surface area contributed by atoms with Crippen molar-refractivity contribution in [3.63, 3.8) is 0 Å². The maximum Gasteiger partial charge on any atom is 0.228 e. The fourth-order valence-electron chi connectivity index (χ4n) is 3.39. The third-order valence-corrected chi connectivity index (χ3v) is 6.00. The predicted octanol–water partition coefficient (Wildman–Crippen LogP) is 3.99. The lowest BCUT2D eigenvalue weighted by atomic mass is 10.1. The van der Waals surface area contributed by atoms with Crippen molar-refractivity contribution in [2.75, 3.05) is 32.2 Å². The zero-order valence-corrected chi connectivity index (χ0v) is 18.0. The Kier molecular flexibility index (Phi) is 6.82. The molecule has 2 amide bonds. The summed E-state index contributed by atoms with van der Waals surface area (Å²) >= 11 is 7.45. The summed E-state index contributed by atoms with van der Waals surface area (Å²) in [5.41, 5.74) is 0.633. The van der Waals surface area contributed by atoms with Crippen molar-refractivity contribution < 1.29 is 19.1 Å². The third kappa shape index (κ3) is 4.74. The van der Waals surface area contributed by atoms with Crippen molar-refractivity contribution >= 4 is 40.4 Å². The number of carbonyl (C=O) groups excluding carboxylic acids is 2. The molecule has 1 saturated heterocycles. The van der Waals surface area contributed by atoms with E-state index in [2.05, 4.69) is 6.58 Å². The molecule has 154 valence electrons. The SMILES string of the molecule is C=CCN(Cc1ccc(Cl)s1)C(=O)C1CC(=O)N(c2ccc(OC)cc2OC)C1. The van der Waals surface area contributed by atoms with Crippen LogP contribution in [0.2, 0.25) is 4.34 Å². The van der Waals surface area contributed by atoms with Crippen LogP contribution in [0.3, 0.4) is 0 Å². The lowest BCUT2D eigenvalue weighted by molar-refractivity contribution is -0.135. The van der Waals surface area contributed by atoms with Gasteiger partial charge < -0.3 is 19.3 Å². The Labute approximate surface area is 179 Å². The minimum Gasteiger partial charge on any atom is -0.497 e. The highest BCUT2D eigenvalue weighted by atomic mass is 35.5. The average Bonchev–Trinajstić information content (AvgIpc) is 3.31. The normalized spacial score (nSPS) is 16.0. The van der Waals surface area contributed by atoms with Gasteiger partial charge in [-0.15, -0.1) is 17.9 Å². The molecular weight excluding hydrogens is 412 g/mol. The van der Waals surface area contributed by atoms with Crippen LogP contribution in [0.1, 0.15) is 11.3 Å². The molecule has 0 radical (unpaired) electrons. The molecule has 0 bridgehead atoms. The van der Waals surface area contributed by atoms with Crippen molar-refractivity contribution in [1.82, 2.24) is 4.90 Å². The van der Waals surface area contributed by atoms with Crippen molar-refractivity contribution in [3.8, 4) is 11.5 Å². The first-order valence-corrected chi connectivity index (χ1v) is 10.3. The Morgan fingerprint density at radius 2 is 2.14 bits per heavy atom.